The first-order valence-electron chi connectivity index (χ1n) is 9.00. The Bertz CT molecular complexity index is 955. The predicted octanol–water partition coefficient (Wildman–Crippen LogP) is 4.01. The Kier molecular flexibility index (Phi) is 5.59. The molecule has 6 nitrogen and oxygen atoms in total. The van der Waals surface area contributed by atoms with Crippen LogP contribution in [0, 0.1) is 0 Å². The molecule has 2 amide bonds. The first-order valence-corrected chi connectivity index (χ1v) is 9.00. The third-order valence-electron chi connectivity index (χ3n) is 4.29. The molecule has 2 N–H and O–H groups in total. The molecule has 0 aliphatic rings. The monoisotopic (exact) mass is 377 g/mol. The summed E-state index contributed by atoms with van der Waals surface area (Å²) < 4.78 is 5.26. The molecule has 0 fully saturated rings. The van der Waals surface area contributed by atoms with Gasteiger partial charge in [-0.05, 0) is 35.2 Å². The summed E-state index contributed by atoms with van der Waals surface area (Å²) in [4.78, 5) is 28.3. The number of aromatic nitrogens is 1. The number of rotatable bonds is 5. The highest BCUT2D eigenvalue weighted by Crippen LogP contribution is 2.23. The van der Waals surface area contributed by atoms with Crippen molar-refractivity contribution in [1.29, 1.82) is 0 Å². The Morgan fingerprint density at radius 3 is 2.46 bits per heavy atom. The van der Waals surface area contributed by atoms with Crippen LogP contribution in [0.1, 0.15) is 36.7 Å². The molecule has 144 valence electrons. The van der Waals surface area contributed by atoms with E-state index in [2.05, 4.69) is 36.4 Å². The Morgan fingerprint density at radius 2 is 1.82 bits per heavy atom. The van der Waals surface area contributed by atoms with Crippen LogP contribution in [0.5, 0.6) is 0 Å². The summed E-state index contributed by atoms with van der Waals surface area (Å²) in [6.45, 7) is 6.23. The summed E-state index contributed by atoms with van der Waals surface area (Å²) in [6.07, 6.45) is 2.95. The topological polar surface area (TPSA) is 84.2 Å². The zero-order valence-electron chi connectivity index (χ0n) is 16.2. The van der Waals surface area contributed by atoms with Gasteiger partial charge in [0.25, 0.3) is 5.91 Å². The fourth-order valence-electron chi connectivity index (χ4n) is 2.70. The summed E-state index contributed by atoms with van der Waals surface area (Å²) in [5.41, 5.74) is 3.11. The fourth-order valence-corrected chi connectivity index (χ4v) is 2.70. The molecule has 0 spiro atoms. The first-order chi connectivity index (χ1) is 13.3. The van der Waals surface area contributed by atoms with Crippen molar-refractivity contribution in [1.82, 2.24) is 10.3 Å². The van der Waals surface area contributed by atoms with Crippen molar-refractivity contribution < 1.29 is 14.0 Å². The molecule has 0 aliphatic heterocycles. The molecule has 1 heterocycles. The van der Waals surface area contributed by atoms with Crippen LogP contribution >= 0.6 is 0 Å². The number of hydrogen-bond acceptors (Lipinski definition) is 4. The average Bonchev–Trinajstić information content (AvgIpc) is 3.20. The number of benzene rings is 2. The van der Waals surface area contributed by atoms with Gasteiger partial charge in [0.15, 0.2) is 12.2 Å². The van der Waals surface area contributed by atoms with Crippen molar-refractivity contribution in [2.45, 2.75) is 26.2 Å². The molecule has 28 heavy (non-hydrogen) atoms. The maximum Gasteiger partial charge on any atom is 0.251 e. The second-order valence-corrected chi connectivity index (χ2v) is 7.50. The summed E-state index contributed by atoms with van der Waals surface area (Å²) in [7, 11) is 0. The molecule has 0 aliphatic carbocycles. The standard InChI is InChI=1S/C22H23N3O3/c1-22(2,3)17-9-7-15(8-10-17)21(27)24-13-20(26)25-18-6-4-5-16(11-18)19-12-23-14-28-19/h4-12,14H,13H2,1-3H3,(H,24,27)(H,25,26). The van der Waals surface area contributed by atoms with Crippen molar-refractivity contribution in [2.24, 2.45) is 0 Å². The molecule has 0 unspecified atom stereocenters. The number of carbonyl (C=O) groups is 2. The number of amides is 2. The lowest BCUT2D eigenvalue weighted by Crippen LogP contribution is -2.32. The lowest BCUT2D eigenvalue weighted by Gasteiger charge is -2.19. The van der Waals surface area contributed by atoms with Gasteiger partial charge in [0, 0.05) is 16.8 Å². The van der Waals surface area contributed by atoms with Crippen molar-refractivity contribution in [3.05, 3.63) is 72.2 Å². The zero-order valence-corrected chi connectivity index (χ0v) is 16.2. The molecule has 0 atom stereocenters. The van der Waals surface area contributed by atoms with Crippen LogP contribution in [0.4, 0.5) is 5.69 Å². The molecule has 0 saturated carbocycles. The molecule has 3 rings (SSSR count). The van der Waals surface area contributed by atoms with Gasteiger partial charge in [-0.15, -0.1) is 0 Å². The van der Waals surface area contributed by atoms with Gasteiger partial charge in [-0.2, -0.15) is 0 Å². The molecule has 0 saturated heterocycles. The van der Waals surface area contributed by atoms with Crippen LogP contribution in [0.15, 0.2) is 65.5 Å². The van der Waals surface area contributed by atoms with Gasteiger partial charge in [-0.25, -0.2) is 4.98 Å². The number of hydrogen-bond donors (Lipinski definition) is 2. The van der Waals surface area contributed by atoms with Crippen LogP contribution in [-0.2, 0) is 10.2 Å². The fraction of sp³-hybridized carbons (Fsp3) is 0.227. The van der Waals surface area contributed by atoms with Gasteiger partial charge in [-0.1, -0.05) is 45.0 Å². The zero-order chi connectivity index (χ0) is 20.1. The molecule has 0 radical (unpaired) electrons. The van der Waals surface area contributed by atoms with Gasteiger partial charge < -0.3 is 15.1 Å². The minimum atomic E-state index is -0.311. The highest BCUT2D eigenvalue weighted by atomic mass is 16.3. The highest BCUT2D eigenvalue weighted by molar-refractivity contribution is 5.99. The van der Waals surface area contributed by atoms with Crippen molar-refractivity contribution >= 4 is 17.5 Å². The van der Waals surface area contributed by atoms with E-state index < -0.39 is 0 Å². The normalized spacial score (nSPS) is 11.1. The maximum absolute atomic E-state index is 12.3. The van der Waals surface area contributed by atoms with E-state index in [1.54, 1.807) is 30.5 Å². The summed E-state index contributed by atoms with van der Waals surface area (Å²) in [5, 5.41) is 5.40. The Hall–Kier alpha value is -3.41. The van der Waals surface area contributed by atoms with Crippen molar-refractivity contribution in [2.75, 3.05) is 11.9 Å². The quantitative estimate of drug-likeness (QED) is 0.704. The van der Waals surface area contributed by atoms with Gasteiger partial charge in [-0.3, -0.25) is 9.59 Å². The number of nitrogens with zero attached hydrogens (tertiary/aromatic N) is 1. The minimum Gasteiger partial charge on any atom is -0.444 e. The first kappa shape index (κ1) is 19.4. The van der Waals surface area contributed by atoms with Crippen molar-refractivity contribution in [3.8, 4) is 11.3 Å². The minimum absolute atomic E-state index is 0.0230. The summed E-state index contributed by atoms with van der Waals surface area (Å²) >= 11 is 0. The summed E-state index contributed by atoms with van der Waals surface area (Å²) in [6, 6.07) is 14.6. The number of carbonyl (C=O) groups excluding carboxylic acids is 2. The Balaban J connectivity index is 1.56. The molecule has 3 aromatic rings. The van der Waals surface area contributed by atoms with E-state index in [4.69, 9.17) is 4.42 Å². The molecule has 6 heteroatoms. The Labute approximate surface area is 164 Å². The van der Waals surface area contributed by atoms with E-state index in [0.717, 1.165) is 11.1 Å². The lowest BCUT2D eigenvalue weighted by molar-refractivity contribution is -0.115. The van der Waals surface area contributed by atoms with Crippen LogP contribution in [0.3, 0.4) is 0 Å². The van der Waals surface area contributed by atoms with Crippen LogP contribution in [0.2, 0.25) is 0 Å². The van der Waals surface area contributed by atoms with E-state index in [-0.39, 0.29) is 23.8 Å². The Morgan fingerprint density at radius 1 is 1.07 bits per heavy atom. The maximum atomic E-state index is 12.3. The van der Waals surface area contributed by atoms with Crippen LogP contribution in [0.25, 0.3) is 11.3 Å². The number of nitrogens with one attached hydrogen (secondary N) is 2. The number of anilines is 1. The summed E-state index contributed by atoms with van der Waals surface area (Å²) in [5.74, 6) is 0.0171. The molecular formula is C22H23N3O3. The third kappa shape index (κ3) is 4.85. The molecule has 2 aromatic carbocycles. The van der Waals surface area contributed by atoms with Crippen LogP contribution < -0.4 is 10.6 Å². The second-order valence-electron chi connectivity index (χ2n) is 7.50. The largest absolute Gasteiger partial charge is 0.444 e. The second kappa shape index (κ2) is 8.08. The van der Waals surface area contributed by atoms with Gasteiger partial charge in [0.2, 0.25) is 5.91 Å². The third-order valence-corrected chi connectivity index (χ3v) is 4.29. The van der Waals surface area contributed by atoms with Crippen LogP contribution in [-0.4, -0.2) is 23.3 Å². The van der Waals surface area contributed by atoms with Gasteiger partial charge in [0.05, 0.1) is 12.7 Å². The molecule has 1 aromatic heterocycles. The van der Waals surface area contributed by atoms with Gasteiger partial charge >= 0.3 is 0 Å². The van der Waals surface area contributed by atoms with E-state index in [9.17, 15) is 9.59 Å². The highest BCUT2D eigenvalue weighted by Gasteiger charge is 2.14. The predicted molar refractivity (Wildman–Crippen MR) is 108 cm³/mol. The van der Waals surface area contributed by atoms with Crippen molar-refractivity contribution in [3.63, 3.8) is 0 Å². The molecular weight excluding hydrogens is 354 g/mol. The van der Waals surface area contributed by atoms with E-state index in [1.807, 2.05) is 24.3 Å². The van der Waals surface area contributed by atoms with E-state index in [1.165, 1.54) is 6.39 Å². The lowest BCUT2D eigenvalue weighted by atomic mass is 9.87. The average molecular weight is 377 g/mol. The smallest absolute Gasteiger partial charge is 0.251 e. The van der Waals surface area contributed by atoms with E-state index in [0.29, 0.717) is 17.0 Å². The number of oxazole rings is 1. The van der Waals surface area contributed by atoms with Gasteiger partial charge in [0.1, 0.15) is 0 Å². The molecule has 0 bridgehead atoms. The van der Waals surface area contributed by atoms with E-state index >= 15 is 0 Å². The SMILES string of the molecule is CC(C)(C)c1ccc(C(=O)NCC(=O)Nc2cccc(-c3cnco3)c2)cc1.